The minimum Gasteiger partial charge on any atom is -0.383 e. The molecule has 1 atom stereocenters. The Morgan fingerprint density at radius 1 is 1.50 bits per heavy atom. The highest BCUT2D eigenvalue weighted by atomic mass is 16.5. The molecule has 0 aromatic carbocycles. The molecule has 6 nitrogen and oxygen atoms in total. The predicted octanol–water partition coefficient (Wildman–Crippen LogP) is -1.66. The molecule has 0 aromatic heterocycles. The van der Waals surface area contributed by atoms with Crippen LogP contribution in [0.4, 0.5) is 0 Å². The summed E-state index contributed by atoms with van der Waals surface area (Å²) in [6.07, 6.45) is 0. The van der Waals surface area contributed by atoms with E-state index in [1.54, 1.807) is 0 Å². The topological polar surface area (TPSA) is 107 Å². The third-order valence-electron chi connectivity index (χ3n) is 1.73. The molecule has 6 heteroatoms. The lowest BCUT2D eigenvalue weighted by Crippen LogP contribution is -2.57. The summed E-state index contributed by atoms with van der Waals surface area (Å²) >= 11 is 0. The van der Waals surface area contributed by atoms with E-state index in [9.17, 15) is 9.59 Å². The summed E-state index contributed by atoms with van der Waals surface area (Å²) in [5.41, 5.74) is 9.42. The van der Waals surface area contributed by atoms with Gasteiger partial charge in [0.05, 0.1) is 6.61 Å². The summed E-state index contributed by atoms with van der Waals surface area (Å²) in [5.74, 6) is -1.08. The lowest BCUT2D eigenvalue weighted by molar-refractivity contribution is -0.131. The summed E-state index contributed by atoms with van der Waals surface area (Å²) in [4.78, 5) is 22.2. The maximum absolute atomic E-state index is 11.3. The molecular weight excluding hydrogens is 186 g/mol. The number of hydrogen-bond acceptors (Lipinski definition) is 4. The van der Waals surface area contributed by atoms with Crippen LogP contribution in [0.1, 0.15) is 13.8 Å². The van der Waals surface area contributed by atoms with Gasteiger partial charge >= 0.3 is 0 Å². The number of carbonyl (C=O) groups excluding carboxylic acids is 2. The molecule has 0 saturated carbocycles. The first-order valence-electron chi connectivity index (χ1n) is 4.17. The van der Waals surface area contributed by atoms with Crippen molar-refractivity contribution in [3.05, 3.63) is 0 Å². The van der Waals surface area contributed by atoms with Gasteiger partial charge < -0.3 is 21.5 Å². The van der Waals surface area contributed by atoms with Crippen LogP contribution < -0.4 is 16.8 Å². The van der Waals surface area contributed by atoms with Crippen molar-refractivity contribution in [3.8, 4) is 0 Å². The molecule has 0 fully saturated rings. The quantitative estimate of drug-likeness (QED) is 0.497. The highest BCUT2D eigenvalue weighted by Gasteiger charge is 2.28. The number of amides is 2. The molecule has 0 aliphatic heterocycles. The van der Waals surface area contributed by atoms with Crippen LogP contribution in [0.5, 0.6) is 0 Å². The Kier molecular flexibility index (Phi) is 4.52. The third kappa shape index (κ3) is 3.71. The van der Waals surface area contributed by atoms with Crippen molar-refractivity contribution in [2.24, 2.45) is 11.5 Å². The molecule has 14 heavy (non-hydrogen) atoms. The molecular formula is C8H17N3O3. The molecule has 0 spiro atoms. The van der Waals surface area contributed by atoms with E-state index in [2.05, 4.69) is 5.32 Å². The van der Waals surface area contributed by atoms with Crippen molar-refractivity contribution in [2.75, 3.05) is 13.7 Å². The number of primary amides is 1. The average Bonchev–Trinajstić information content (AvgIpc) is 2.03. The lowest BCUT2D eigenvalue weighted by Gasteiger charge is -2.24. The maximum atomic E-state index is 11.3. The van der Waals surface area contributed by atoms with Crippen molar-refractivity contribution in [1.29, 1.82) is 0 Å². The number of nitrogens with two attached hydrogens (primary N) is 2. The minimum atomic E-state index is -1.09. The highest BCUT2D eigenvalue weighted by Crippen LogP contribution is 2.00. The maximum Gasteiger partial charge on any atom is 0.242 e. The monoisotopic (exact) mass is 203 g/mol. The molecule has 0 bridgehead atoms. The van der Waals surface area contributed by atoms with Crippen LogP contribution in [-0.2, 0) is 14.3 Å². The average molecular weight is 203 g/mol. The number of nitrogens with one attached hydrogen (secondary N) is 1. The zero-order chi connectivity index (χ0) is 11.4. The normalized spacial score (nSPS) is 13.4. The van der Waals surface area contributed by atoms with Gasteiger partial charge in [0, 0.05) is 7.11 Å². The van der Waals surface area contributed by atoms with Crippen LogP contribution in [0.3, 0.4) is 0 Å². The molecule has 0 aliphatic carbocycles. The molecule has 82 valence electrons. The van der Waals surface area contributed by atoms with E-state index in [1.807, 2.05) is 0 Å². The number of ether oxygens (including phenoxy) is 1. The van der Waals surface area contributed by atoms with Gasteiger partial charge in [-0.3, -0.25) is 9.59 Å². The first kappa shape index (κ1) is 12.9. The Bertz CT molecular complexity index is 228. The fourth-order valence-corrected chi connectivity index (χ4v) is 0.718. The van der Waals surface area contributed by atoms with E-state index in [0.29, 0.717) is 0 Å². The van der Waals surface area contributed by atoms with Gasteiger partial charge in [0.2, 0.25) is 11.8 Å². The summed E-state index contributed by atoms with van der Waals surface area (Å²) in [6, 6.07) is -0.793. The van der Waals surface area contributed by atoms with Crippen LogP contribution in [0.2, 0.25) is 0 Å². The molecule has 0 aliphatic rings. The lowest BCUT2D eigenvalue weighted by atomic mass is 10.0. The van der Waals surface area contributed by atoms with Gasteiger partial charge in [-0.25, -0.2) is 0 Å². The Balaban J connectivity index is 4.24. The van der Waals surface area contributed by atoms with Crippen molar-refractivity contribution < 1.29 is 14.3 Å². The molecule has 0 aromatic rings. The second-order valence-electron chi connectivity index (χ2n) is 3.54. The van der Waals surface area contributed by atoms with Crippen molar-refractivity contribution >= 4 is 11.8 Å². The fraction of sp³-hybridized carbons (Fsp3) is 0.750. The Hall–Kier alpha value is -1.14. The second-order valence-corrected chi connectivity index (χ2v) is 3.54. The highest BCUT2D eigenvalue weighted by molar-refractivity contribution is 5.91. The molecule has 2 amide bonds. The van der Waals surface area contributed by atoms with E-state index in [-0.39, 0.29) is 6.61 Å². The zero-order valence-electron chi connectivity index (χ0n) is 8.66. The van der Waals surface area contributed by atoms with Gasteiger partial charge in [-0.1, -0.05) is 0 Å². The van der Waals surface area contributed by atoms with E-state index < -0.39 is 23.4 Å². The van der Waals surface area contributed by atoms with Crippen LogP contribution >= 0.6 is 0 Å². The van der Waals surface area contributed by atoms with Gasteiger partial charge in [0.25, 0.3) is 0 Å². The summed E-state index contributed by atoms with van der Waals surface area (Å²) in [7, 11) is 1.44. The van der Waals surface area contributed by atoms with E-state index in [4.69, 9.17) is 16.2 Å². The molecule has 0 heterocycles. The van der Waals surface area contributed by atoms with Crippen molar-refractivity contribution in [3.63, 3.8) is 0 Å². The first-order chi connectivity index (χ1) is 6.31. The Morgan fingerprint density at radius 3 is 2.36 bits per heavy atom. The third-order valence-corrected chi connectivity index (χ3v) is 1.73. The summed E-state index contributed by atoms with van der Waals surface area (Å²) in [6.45, 7) is 3.11. The van der Waals surface area contributed by atoms with Gasteiger partial charge in [-0.05, 0) is 13.8 Å². The number of carbonyl (C=O) groups is 2. The van der Waals surface area contributed by atoms with E-state index >= 15 is 0 Å². The molecule has 0 saturated heterocycles. The molecule has 0 radical (unpaired) electrons. The molecule has 0 rings (SSSR count). The largest absolute Gasteiger partial charge is 0.383 e. The standard InChI is InChI=1S/C8H17N3O3/c1-8(2,7(10)13)11-6(12)5(9)4-14-3/h5H,4,9H2,1-3H3,(H2,10,13)(H,11,12). The van der Waals surface area contributed by atoms with Crippen LogP contribution in [-0.4, -0.2) is 37.1 Å². The van der Waals surface area contributed by atoms with Gasteiger partial charge in [0.1, 0.15) is 11.6 Å². The predicted molar refractivity (Wildman–Crippen MR) is 51.3 cm³/mol. The first-order valence-corrected chi connectivity index (χ1v) is 4.17. The SMILES string of the molecule is COCC(N)C(=O)NC(C)(C)C(N)=O. The number of rotatable bonds is 5. The van der Waals surface area contributed by atoms with Gasteiger partial charge in [-0.2, -0.15) is 0 Å². The van der Waals surface area contributed by atoms with Gasteiger partial charge in [0.15, 0.2) is 0 Å². The minimum absolute atomic E-state index is 0.0979. The molecule has 5 N–H and O–H groups in total. The Morgan fingerprint density at radius 2 is 2.00 bits per heavy atom. The van der Waals surface area contributed by atoms with E-state index in [1.165, 1.54) is 21.0 Å². The smallest absolute Gasteiger partial charge is 0.242 e. The number of methoxy groups -OCH3 is 1. The second kappa shape index (κ2) is 4.92. The van der Waals surface area contributed by atoms with Crippen LogP contribution in [0.25, 0.3) is 0 Å². The summed E-state index contributed by atoms with van der Waals surface area (Å²) in [5, 5.41) is 2.42. The number of hydrogen-bond donors (Lipinski definition) is 3. The van der Waals surface area contributed by atoms with Gasteiger partial charge in [-0.15, -0.1) is 0 Å². The fourth-order valence-electron chi connectivity index (χ4n) is 0.718. The van der Waals surface area contributed by atoms with E-state index in [0.717, 1.165) is 0 Å². The van der Waals surface area contributed by atoms with Crippen molar-refractivity contribution in [2.45, 2.75) is 25.4 Å². The van der Waals surface area contributed by atoms with Crippen molar-refractivity contribution in [1.82, 2.24) is 5.32 Å². The zero-order valence-corrected chi connectivity index (χ0v) is 8.66. The van der Waals surface area contributed by atoms with Crippen LogP contribution in [0.15, 0.2) is 0 Å². The molecule has 1 unspecified atom stereocenters. The summed E-state index contributed by atoms with van der Waals surface area (Å²) < 4.78 is 4.70. The Labute approximate surface area is 83.0 Å². The van der Waals surface area contributed by atoms with Crippen LogP contribution in [0, 0.1) is 0 Å².